The van der Waals surface area contributed by atoms with Crippen LogP contribution in [0.25, 0.3) is 5.70 Å². The Morgan fingerprint density at radius 2 is 1.68 bits per heavy atom. The lowest BCUT2D eigenvalue weighted by molar-refractivity contribution is -0.139. The number of ether oxygens (including phenoxy) is 2. The molecule has 0 fully saturated rings. The molecule has 1 amide bonds. The first kappa shape index (κ1) is 27.3. The second-order valence-electron chi connectivity index (χ2n) is 9.36. The van der Waals surface area contributed by atoms with Crippen LogP contribution in [-0.2, 0) is 14.3 Å². The van der Waals surface area contributed by atoms with E-state index in [1.165, 1.54) is 11.8 Å². The van der Waals surface area contributed by atoms with Crippen molar-refractivity contribution in [3.05, 3.63) is 118 Å². The van der Waals surface area contributed by atoms with Gasteiger partial charge in [-0.3, -0.25) is 4.79 Å². The number of para-hydroxylation sites is 1. The third-order valence-electron chi connectivity index (χ3n) is 6.80. The van der Waals surface area contributed by atoms with Crippen LogP contribution in [0.2, 0.25) is 0 Å². The minimum atomic E-state index is -0.612. The third-order valence-corrected chi connectivity index (χ3v) is 7.69. The van der Waals surface area contributed by atoms with Crippen molar-refractivity contribution in [3.63, 3.8) is 0 Å². The van der Waals surface area contributed by atoms with E-state index in [1.54, 1.807) is 14.0 Å². The van der Waals surface area contributed by atoms with E-state index in [0.29, 0.717) is 22.2 Å². The molecule has 2 heterocycles. The molecule has 0 unspecified atom stereocenters. The van der Waals surface area contributed by atoms with Crippen LogP contribution < -0.4 is 10.1 Å². The fraction of sp³-hybridized carbons (Fsp3) is 0.219. The lowest BCUT2D eigenvalue weighted by Gasteiger charge is -2.37. The van der Waals surface area contributed by atoms with Gasteiger partial charge in [0.05, 0.1) is 43.5 Å². The number of nitrogens with zero attached hydrogens (tertiary/aromatic N) is 2. The van der Waals surface area contributed by atoms with Crippen molar-refractivity contribution < 1.29 is 19.1 Å². The van der Waals surface area contributed by atoms with Crippen molar-refractivity contribution in [1.82, 2.24) is 10.2 Å². The summed E-state index contributed by atoms with van der Waals surface area (Å²) in [6, 6.07) is 26.3. The minimum Gasteiger partial charge on any atom is -0.496 e. The predicted molar refractivity (Wildman–Crippen MR) is 158 cm³/mol. The zero-order valence-corrected chi connectivity index (χ0v) is 23.5. The fourth-order valence-electron chi connectivity index (χ4n) is 4.96. The molecule has 0 bridgehead atoms. The Morgan fingerprint density at radius 3 is 2.38 bits per heavy atom. The molecule has 1 N–H and O–H groups in total. The van der Waals surface area contributed by atoms with Crippen molar-refractivity contribution in [1.29, 1.82) is 0 Å². The van der Waals surface area contributed by atoms with Crippen LogP contribution in [0.5, 0.6) is 5.75 Å². The second-order valence-corrected chi connectivity index (χ2v) is 10.2. The van der Waals surface area contributed by atoms with E-state index in [2.05, 4.69) is 5.32 Å². The number of carbonyl (C=O) groups excluding carboxylic acids is 2. The summed E-state index contributed by atoms with van der Waals surface area (Å²) >= 11 is 1.44. The van der Waals surface area contributed by atoms with E-state index in [-0.39, 0.29) is 25.0 Å². The molecule has 0 saturated carbocycles. The van der Waals surface area contributed by atoms with E-state index in [4.69, 9.17) is 14.5 Å². The van der Waals surface area contributed by atoms with Crippen molar-refractivity contribution >= 4 is 34.5 Å². The minimum absolute atomic E-state index is 0.117. The molecule has 2 atom stereocenters. The van der Waals surface area contributed by atoms with Crippen LogP contribution in [0.4, 0.5) is 0 Å². The molecule has 0 aliphatic carbocycles. The number of esters is 1. The summed E-state index contributed by atoms with van der Waals surface area (Å²) in [5, 5.41) is 5.72. The lowest BCUT2D eigenvalue weighted by Crippen LogP contribution is -2.38. The number of hydrogen-bond acceptors (Lipinski definition) is 7. The van der Waals surface area contributed by atoms with Gasteiger partial charge in [0.1, 0.15) is 5.75 Å². The maximum Gasteiger partial charge on any atom is 0.338 e. The Bertz CT molecular complexity index is 1480. The number of rotatable bonds is 9. The molecule has 2 aliphatic rings. The number of aliphatic imine (C=N–C) groups is 1. The topological polar surface area (TPSA) is 80.2 Å². The number of amidine groups is 1. The fourth-order valence-corrected chi connectivity index (χ4v) is 5.88. The van der Waals surface area contributed by atoms with Gasteiger partial charge in [-0.1, -0.05) is 90.6 Å². The maximum absolute atomic E-state index is 13.7. The SMILES string of the molecule is CCOC(=O)C1=C(c2ccccc2)N=C2SC=C(CC(=O)N[C@@H](C)c3ccccc3)N2[C@@H]1c1ccccc1OC. The van der Waals surface area contributed by atoms with Gasteiger partial charge in [0.25, 0.3) is 0 Å². The van der Waals surface area contributed by atoms with Crippen LogP contribution >= 0.6 is 11.8 Å². The average Bonchev–Trinajstić information content (AvgIpc) is 3.39. The first-order valence-corrected chi connectivity index (χ1v) is 14.1. The molecule has 0 radical (unpaired) electrons. The number of benzene rings is 3. The van der Waals surface area contributed by atoms with E-state index in [0.717, 1.165) is 22.4 Å². The highest BCUT2D eigenvalue weighted by Crippen LogP contribution is 2.48. The average molecular weight is 554 g/mol. The van der Waals surface area contributed by atoms with Crippen molar-refractivity contribution in [2.45, 2.75) is 32.4 Å². The zero-order valence-electron chi connectivity index (χ0n) is 22.7. The summed E-state index contributed by atoms with van der Waals surface area (Å²) in [6.45, 7) is 3.96. The Hall–Kier alpha value is -4.30. The molecule has 2 aliphatic heterocycles. The van der Waals surface area contributed by atoms with Gasteiger partial charge in [0.2, 0.25) is 5.91 Å². The summed E-state index contributed by atoms with van der Waals surface area (Å²) in [7, 11) is 1.61. The number of amides is 1. The number of nitrogens with one attached hydrogen (secondary N) is 1. The summed E-state index contributed by atoms with van der Waals surface area (Å²) in [6.07, 6.45) is 0.117. The first-order valence-electron chi connectivity index (χ1n) is 13.2. The third kappa shape index (κ3) is 5.53. The summed E-state index contributed by atoms with van der Waals surface area (Å²) in [5.41, 5.74) is 4.30. The highest BCUT2D eigenvalue weighted by molar-refractivity contribution is 8.16. The van der Waals surface area contributed by atoms with E-state index in [1.807, 2.05) is 102 Å². The Kier molecular flexibility index (Phi) is 8.36. The van der Waals surface area contributed by atoms with Crippen LogP contribution in [0.15, 0.2) is 107 Å². The van der Waals surface area contributed by atoms with E-state index < -0.39 is 12.0 Å². The van der Waals surface area contributed by atoms with Gasteiger partial charge in [0.15, 0.2) is 5.17 Å². The second kappa shape index (κ2) is 12.3. The van der Waals surface area contributed by atoms with Gasteiger partial charge in [-0.15, -0.1) is 0 Å². The highest BCUT2D eigenvalue weighted by Gasteiger charge is 2.43. The monoisotopic (exact) mass is 553 g/mol. The van der Waals surface area contributed by atoms with Crippen LogP contribution in [0.3, 0.4) is 0 Å². The first-order chi connectivity index (χ1) is 19.5. The van der Waals surface area contributed by atoms with Crippen molar-refractivity contribution in [2.24, 2.45) is 4.99 Å². The number of methoxy groups -OCH3 is 1. The summed E-state index contributed by atoms with van der Waals surface area (Å²) in [5.74, 6) is 0.0403. The number of thioether (sulfide) groups is 1. The quantitative estimate of drug-likeness (QED) is 0.316. The molecule has 3 aromatic carbocycles. The van der Waals surface area contributed by atoms with Gasteiger partial charge in [-0.2, -0.15) is 0 Å². The number of fused-ring (bicyclic) bond motifs is 1. The van der Waals surface area contributed by atoms with Crippen molar-refractivity contribution in [2.75, 3.05) is 13.7 Å². The number of hydrogen-bond donors (Lipinski definition) is 1. The normalized spacial score (nSPS) is 17.0. The van der Waals surface area contributed by atoms with E-state index in [9.17, 15) is 9.59 Å². The molecule has 5 rings (SSSR count). The standard InChI is InChI=1S/C32H31N3O4S/c1-4-39-31(37)28-29(23-15-9-6-10-16-23)34-32-35(30(28)25-17-11-12-18-26(25)38-3)24(20-40-32)19-27(36)33-21(2)22-13-7-5-8-14-22/h5-18,20-21,30H,4,19H2,1-3H3,(H,33,36)/t21-,30+/m0/s1. The Balaban J connectivity index is 1.56. The summed E-state index contributed by atoms with van der Waals surface area (Å²) in [4.78, 5) is 33.9. The van der Waals surface area contributed by atoms with Crippen molar-refractivity contribution in [3.8, 4) is 5.75 Å². The highest BCUT2D eigenvalue weighted by atomic mass is 32.2. The summed E-state index contributed by atoms with van der Waals surface area (Å²) < 4.78 is 11.3. The van der Waals surface area contributed by atoms with Crippen LogP contribution in [0.1, 0.15) is 49.0 Å². The Labute approximate surface area is 238 Å². The molecular formula is C32H31N3O4S. The van der Waals surface area contributed by atoms with Crippen LogP contribution in [0, 0.1) is 0 Å². The molecular weight excluding hydrogens is 522 g/mol. The largest absolute Gasteiger partial charge is 0.496 e. The van der Waals surface area contributed by atoms with Gasteiger partial charge in [-0.25, -0.2) is 9.79 Å². The van der Waals surface area contributed by atoms with Gasteiger partial charge >= 0.3 is 5.97 Å². The molecule has 7 nitrogen and oxygen atoms in total. The molecule has 0 saturated heterocycles. The Morgan fingerprint density at radius 1 is 1.00 bits per heavy atom. The number of carbonyl (C=O) groups is 2. The molecule has 8 heteroatoms. The van der Waals surface area contributed by atoms with E-state index >= 15 is 0 Å². The van der Waals surface area contributed by atoms with Gasteiger partial charge < -0.3 is 19.7 Å². The predicted octanol–water partition coefficient (Wildman–Crippen LogP) is 6.24. The molecule has 204 valence electrons. The molecule has 0 spiro atoms. The zero-order chi connectivity index (χ0) is 28.1. The maximum atomic E-state index is 13.7. The molecule has 40 heavy (non-hydrogen) atoms. The molecule has 0 aromatic heterocycles. The van der Waals surface area contributed by atoms with Crippen LogP contribution in [-0.4, -0.2) is 35.7 Å². The molecule has 3 aromatic rings. The lowest BCUT2D eigenvalue weighted by atomic mass is 9.91. The smallest absolute Gasteiger partial charge is 0.338 e. The van der Waals surface area contributed by atoms with Gasteiger partial charge in [0, 0.05) is 16.8 Å². The van der Waals surface area contributed by atoms with Gasteiger partial charge in [-0.05, 0) is 30.9 Å².